The van der Waals surface area contributed by atoms with Crippen molar-refractivity contribution in [3.8, 4) is 0 Å². The Labute approximate surface area is 115 Å². The van der Waals surface area contributed by atoms with Crippen molar-refractivity contribution in [1.82, 2.24) is 15.0 Å². The molecule has 1 amide bonds. The molecule has 1 heterocycles. The van der Waals surface area contributed by atoms with Crippen LogP contribution in [0.15, 0.2) is 24.4 Å². The molecule has 0 spiro atoms. The number of rotatable bonds is 4. The van der Waals surface area contributed by atoms with Gasteiger partial charge in [0.1, 0.15) is 0 Å². The molecule has 0 atom stereocenters. The number of carboxylic acids is 1. The van der Waals surface area contributed by atoms with Gasteiger partial charge in [-0.1, -0.05) is 6.07 Å². The molecule has 0 fully saturated rings. The molecular formula is C13H14N4O3. The predicted molar refractivity (Wildman–Crippen MR) is 71.5 cm³/mol. The first-order valence-electron chi connectivity index (χ1n) is 5.96. The highest BCUT2D eigenvalue weighted by atomic mass is 16.4. The monoisotopic (exact) mass is 274 g/mol. The van der Waals surface area contributed by atoms with E-state index in [4.69, 9.17) is 5.11 Å². The van der Waals surface area contributed by atoms with Crippen LogP contribution in [-0.4, -0.2) is 32.0 Å². The molecule has 2 N–H and O–H groups in total. The van der Waals surface area contributed by atoms with Gasteiger partial charge in [0, 0.05) is 5.56 Å². The van der Waals surface area contributed by atoms with Crippen molar-refractivity contribution < 1.29 is 14.7 Å². The number of anilines is 1. The van der Waals surface area contributed by atoms with Gasteiger partial charge >= 0.3 is 5.97 Å². The summed E-state index contributed by atoms with van der Waals surface area (Å²) in [5.41, 5.74) is 2.64. The van der Waals surface area contributed by atoms with Crippen molar-refractivity contribution in [1.29, 1.82) is 0 Å². The number of aromatic nitrogens is 3. The van der Waals surface area contributed by atoms with Gasteiger partial charge < -0.3 is 10.4 Å². The molecule has 0 aliphatic rings. The number of aliphatic carboxylic acids is 1. The van der Waals surface area contributed by atoms with Crippen LogP contribution >= 0.6 is 0 Å². The summed E-state index contributed by atoms with van der Waals surface area (Å²) in [6, 6.07) is 5.37. The minimum absolute atomic E-state index is 0.217. The number of carbonyl (C=O) groups is 2. The zero-order chi connectivity index (χ0) is 14.7. The van der Waals surface area contributed by atoms with E-state index >= 15 is 0 Å². The van der Waals surface area contributed by atoms with Crippen LogP contribution < -0.4 is 5.32 Å². The van der Waals surface area contributed by atoms with Crippen LogP contribution in [-0.2, 0) is 11.3 Å². The third kappa shape index (κ3) is 3.19. The number of amides is 1. The molecule has 0 aliphatic carbocycles. The number of carbonyl (C=O) groups excluding carboxylic acids is 1. The highest BCUT2D eigenvalue weighted by Gasteiger charge is 2.10. The molecule has 7 nitrogen and oxygen atoms in total. The van der Waals surface area contributed by atoms with Crippen molar-refractivity contribution in [3.63, 3.8) is 0 Å². The lowest BCUT2D eigenvalue weighted by molar-refractivity contribution is -0.138. The van der Waals surface area contributed by atoms with E-state index in [9.17, 15) is 9.59 Å². The van der Waals surface area contributed by atoms with Crippen molar-refractivity contribution in [3.05, 3.63) is 41.1 Å². The lowest BCUT2D eigenvalue weighted by atomic mass is 10.1. The summed E-state index contributed by atoms with van der Waals surface area (Å²) in [6.07, 6.45) is 1.31. The van der Waals surface area contributed by atoms with E-state index < -0.39 is 5.97 Å². The second kappa shape index (κ2) is 5.52. The molecule has 20 heavy (non-hydrogen) atoms. The Balaban J connectivity index is 2.09. The first kappa shape index (κ1) is 13.7. The molecule has 1 aromatic carbocycles. The number of nitrogens with one attached hydrogen (secondary N) is 1. The first-order chi connectivity index (χ1) is 9.45. The lowest BCUT2D eigenvalue weighted by Crippen LogP contribution is -2.14. The van der Waals surface area contributed by atoms with E-state index in [1.807, 2.05) is 19.9 Å². The second-order valence-electron chi connectivity index (χ2n) is 4.41. The molecule has 0 unspecified atom stereocenters. The summed E-state index contributed by atoms with van der Waals surface area (Å²) in [5, 5.41) is 18.8. The Hall–Kier alpha value is -2.70. The zero-order valence-corrected chi connectivity index (χ0v) is 11.1. The fourth-order valence-corrected chi connectivity index (χ4v) is 1.62. The first-order valence-corrected chi connectivity index (χ1v) is 5.96. The fraction of sp³-hybridized carbons (Fsp3) is 0.231. The Kier molecular flexibility index (Phi) is 3.79. The van der Waals surface area contributed by atoms with Gasteiger partial charge in [-0.15, -0.1) is 5.10 Å². The molecule has 0 bridgehead atoms. The van der Waals surface area contributed by atoms with Crippen LogP contribution in [0.25, 0.3) is 0 Å². The van der Waals surface area contributed by atoms with E-state index in [1.54, 1.807) is 12.1 Å². The van der Waals surface area contributed by atoms with E-state index in [0.29, 0.717) is 5.56 Å². The van der Waals surface area contributed by atoms with Crippen molar-refractivity contribution in [2.24, 2.45) is 0 Å². The third-order valence-electron chi connectivity index (χ3n) is 2.82. The third-order valence-corrected chi connectivity index (χ3v) is 2.82. The summed E-state index contributed by atoms with van der Waals surface area (Å²) < 4.78 is 0. The maximum Gasteiger partial charge on any atom is 0.327 e. The minimum Gasteiger partial charge on any atom is -0.480 e. The summed E-state index contributed by atoms with van der Waals surface area (Å²) >= 11 is 0. The number of nitrogens with zero attached hydrogens (tertiary/aromatic N) is 3. The molecule has 0 radical (unpaired) electrons. The van der Waals surface area contributed by atoms with E-state index in [2.05, 4.69) is 15.5 Å². The van der Waals surface area contributed by atoms with Crippen LogP contribution in [0.1, 0.15) is 21.5 Å². The summed E-state index contributed by atoms with van der Waals surface area (Å²) in [5.74, 6) is -1.14. The molecule has 0 saturated carbocycles. The molecular weight excluding hydrogens is 260 g/mol. The van der Waals surface area contributed by atoms with Gasteiger partial charge in [-0.2, -0.15) is 9.90 Å². The predicted octanol–water partition coefficient (Wildman–Crippen LogP) is 1.23. The van der Waals surface area contributed by atoms with Crippen LogP contribution in [0, 0.1) is 13.8 Å². The maximum absolute atomic E-state index is 12.0. The Morgan fingerprint density at radius 1 is 1.30 bits per heavy atom. The Bertz CT molecular complexity index is 663. The Morgan fingerprint density at radius 3 is 2.70 bits per heavy atom. The van der Waals surface area contributed by atoms with Crippen LogP contribution in [0.3, 0.4) is 0 Å². The smallest absolute Gasteiger partial charge is 0.327 e. The van der Waals surface area contributed by atoms with Crippen molar-refractivity contribution >= 4 is 17.7 Å². The number of carboxylic acid groups (broad SMARTS) is 1. The fourth-order valence-electron chi connectivity index (χ4n) is 1.62. The van der Waals surface area contributed by atoms with Crippen molar-refractivity contribution in [2.45, 2.75) is 20.4 Å². The molecule has 0 saturated heterocycles. The van der Waals surface area contributed by atoms with Crippen molar-refractivity contribution in [2.75, 3.05) is 5.32 Å². The molecule has 1 aromatic heterocycles. The highest BCUT2D eigenvalue weighted by molar-refractivity contribution is 6.03. The van der Waals surface area contributed by atoms with Gasteiger partial charge in [0.25, 0.3) is 5.91 Å². The van der Waals surface area contributed by atoms with Gasteiger partial charge in [-0.25, -0.2) is 0 Å². The molecule has 104 valence electrons. The zero-order valence-electron chi connectivity index (χ0n) is 11.1. The molecule has 2 rings (SSSR count). The summed E-state index contributed by atoms with van der Waals surface area (Å²) in [4.78, 5) is 23.5. The number of hydrogen-bond acceptors (Lipinski definition) is 4. The second-order valence-corrected chi connectivity index (χ2v) is 4.41. The number of hydrogen-bond donors (Lipinski definition) is 2. The van der Waals surface area contributed by atoms with Gasteiger partial charge in [0.2, 0.25) is 0 Å². The largest absolute Gasteiger partial charge is 0.480 e. The number of aryl methyl sites for hydroxylation is 2. The Morgan fingerprint density at radius 2 is 2.05 bits per heavy atom. The molecule has 0 aliphatic heterocycles. The van der Waals surface area contributed by atoms with Gasteiger partial charge in [-0.3, -0.25) is 9.59 Å². The lowest BCUT2D eigenvalue weighted by Gasteiger charge is -2.04. The molecule has 7 heteroatoms. The van der Waals surface area contributed by atoms with E-state index in [-0.39, 0.29) is 18.3 Å². The maximum atomic E-state index is 12.0. The number of benzene rings is 1. The summed E-state index contributed by atoms with van der Waals surface area (Å²) in [6.45, 7) is 3.54. The van der Waals surface area contributed by atoms with E-state index in [0.717, 1.165) is 15.9 Å². The average Bonchev–Trinajstić information content (AvgIpc) is 2.79. The van der Waals surface area contributed by atoms with Gasteiger partial charge in [0.05, 0.1) is 6.20 Å². The van der Waals surface area contributed by atoms with E-state index in [1.165, 1.54) is 6.20 Å². The van der Waals surface area contributed by atoms with Crippen LogP contribution in [0.2, 0.25) is 0 Å². The topological polar surface area (TPSA) is 97.1 Å². The standard InChI is InChI=1S/C13H14N4O3/c1-8-3-4-10(5-9(8)2)13(20)15-11-6-14-17(16-11)7-12(18)19/h3-6H,7H2,1-2H3,(H,18,19)(H,15,16,20). The average molecular weight is 274 g/mol. The quantitative estimate of drug-likeness (QED) is 0.874. The SMILES string of the molecule is Cc1ccc(C(=O)Nc2cnn(CC(=O)O)n2)cc1C. The van der Waals surface area contributed by atoms with Crippen LogP contribution in [0.4, 0.5) is 5.82 Å². The summed E-state index contributed by atoms with van der Waals surface area (Å²) in [7, 11) is 0. The van der Waals surface area contributed by atoms with Gasteiger partial charge in [0.15, 0.2) is 12.4 Å². The minimum atomic E-state index is -1.05. The highest BCUT2D eigenvalue weighted by Crippen LogP contribution is 2.11. The normalized spacial score (nSPS) is 10.3. The van der Waals surface area contributed by atoms with Gasteiger partial charge in [-0.05, 0) is 37.1 Å². The molecule has 2 aromatic rings. The van der Waals surface area contributed by atoms with Crippen LogP contribution in [0.5, 0.6) is 0 Å².